The number of para-hydroxylation sites is 1. The molecule has 0 unspecified atom stereocenters. The van der Waals surface area contributed by atoms with Crippen molar-refractivity contribution in [3.05, 3.63) is 42.1 Å². The van der Waals surface area contributed by atoms with Gasteiger partial charge in [-0.2, -0.15) is 18.2 Å². The van der Waals surface area contributed by atoms with Crippen molar-refractivity contribution in [3.8, 4) is 17.4 Å². The van der Waals surface area contributed by atoms with Crippen LogP contribution >= 0.6 is 0 Å². The second kappa shape index (κ2) is 7.80. The van der Waals surface area contributed by atoms with Crippen molar-refractivity contribution in [1.82, 2.24) is 19.9 Å². The van der Waals surface area contributed by atoms with Gasteiger partial charge in [0.15, 0.2) is 0 Å². The molecule has 4 aromatic rings. The van der Waals surface area contributed by atoms with Crippen molar-refractivity contribution in [2.45, 2.75) is 13.1 Å². The lowest BCUT2D eigenvalue weighted by Gasteiger charge is -2.12. The Labute approximate surface area is 177 Å². The Morgan fingerprint density at radius 3 is 2.50 bits per heavy atom. The number of anilines is 2. The summed E-state index contributed by atoms with van der Waals surface area (Å²) in [5.41, 5.74) is 1.02. The molecule has 0 aliphatic heterocycles. The van der Waals surface area contributed by atoms with E-state index in [-0.39, 0.29) is 28.5 Å². The van der Waals surface area contributed by atoms with Gasteiger partial charge in [0.1, 0.15) is 17.0 Å². The number of methoxy groups -OCH3 is 1. The average molecular weight is 445 g/mol. The number of phenols is 1. The Hall–Kier alpha value is -4.22. The van der Waals surface area contributed by atoms with E-state index in [0.29, 0.717) is 17.0 Å². The third kappa shape index (κ3) is 4.02. The average Bonchev–Trinajstić information content (AvgIpc) is 2.73. The molecule has 0 atom stereocenters. The van der Waals surface area contributed by atoms with Crippen LogP contribution in [-0.4, -0.2) is 44.3 Å². The Morgan fingerprint density at radius 2 is 1.78 bits per heavy atom. The van der Waals surface area contributed by atoms with E-state index in [4.69, 9.17) is 4.74 Å². The van der Waals surface area contributed by atoms with Crippen molar-refractivity contribution >= 4 is 39.7 Å². The Bertz CT molecular complexity index is 1360. The number of phenolic OH excluding ortho intramolecular Hbond substituents is 1. The minimum absolute atomic E-state index is 0.0445. The molecule has 2 N–H and O–H groups in total. The van der Waals surface area contributed by atoms with Crippen LogP contribution < -0.4 is 14.8 Å². The summed E-state index contributed by atoms with van der Waals surface area (Å²) in [5.74, 6) is -3.11. The minimum atomic E-state index is -5.23. The van der Waals surface area contributed by atoms with Crippen LogP contribution in [0.15, 0.2) is 36.4 Å². The summed E-state index contributed by atoms with van der Waals surface area (Å²) >= 11 is 0. The van der Waals surface area contributed by atoms with Crippen molar-refractivity contribution in [1.29, 1.82) is 0 Å². The predicted octanol–water partition coefficient (Wildman–Crippen LogP) is 3.81. The van der Waals surface area contributed by atoms with Crippen LogP contribution in [0.1, 0.15) is 5.69 Å². The summed E-state index contributed by atoms with van der Waals surface area (Å²) in [6.45, 7) is 1.73. The number of nitrogens with zero attached hydrogens (tertiary/aromatic N) is 4. The summed E-state index contributed by atoms with van der Waals surface area (Å²) in [4.78, 5) is 27.9. The van der Waals surface area contributed by atoms with Crippen LogP contribution in [0.5, 0.6) is 17.4 Å². The lowest BCUT2D eigenvalue weighted by Crippen LogP contribution is -2.28. The number of aromatic hydroxyl groups is 1. The van der Waals surface area contributed by atoms with Gasteiger partial charge in [0, 0.05) is 5.39 Å². The summed E-state index contributed by atoms with van der Waals surface area (Å²) in [5, 5.41) is 13.4. The van der Waals surface area contributed by atoms with Gasteiger partial charge < -0.3 is 14.6 Å². The molecule has 4 rings (SSSR count). The molecule has 0 aliphatic rings. The first-order chi connectivity index (χ1) is 15.2. The fraction of sp³-hybridized carbons (Fsp3) is 0.150. The number of rotatable bonds is 4. The quantitative estimate of drug-likeness (QED) is 0.452. The number of aryl methyl sites for hydroxylation is 1. The van der Waals surface area contributed by atoms with Gasteiger partial charge in [-0.05, 0) is 37.3 Å². The molecule has 164 valence electrons. The number of nitrogens with one attached hydrogen (secondary N) is 1. The van der Waals surface area contributed by atoms with Crippen molar-refractivity contribution in [2.24, 2.45) is 0 Å². The van der Waals surface area contributed by atoms with Crippen molar-refractivity contribution in [2.75, 3.05) is 12.4 Å². The molecule has 2 aromatic heterocycles. The van der Waals surface area contributed by atoms with Crippen LogP contribution in [0.4, 0.5) is 25.1 Å². The summed E-state index contributed by atoms with van der Waals surface area (Å²) in [6, 6.07) is 9.10. The highest BCUT2D eigenvalue weighted by Crippen LogP contribution is 2.32. The van der Waals surface area contributed by atoms with Crippen LogP contribution in [0, 0.1) is 6.92 Å². The zero-order valence-corrected chi connectivity index (χ0v) is 16.6. The highest BCUT2D eigenvalue weighted by molar-refractivity contribution is 5.92. The number of benzene rings is 2. The van der Waals surface area contributed by atoms with E-state index >= 15 is 0 Å². The van der Waals surface area contributed by atoms with Crippen LogP contribution in [-0.2, 0) is 4.79 Å². The van der Waals surface area contributed by atoms with E-state index in [2.05, 4.69) is 30.0 Å². The normalized spacial score (nSPS) is 11.5. The number of aromatic nitrogens is 4. The third-order valence-electron chi connectivity index (χ3n) is 4.41. The molecule has 2 heterocycles. The highest BCUT2D eigenvalue weighted by Gasteiger charge is 2.42. The fourth-order valence-corrected chi connectivity index (χ4v) is 2.93. The van der Waals surface area contributed by atoms with Gasteiger partial charge in [0.05, 0.1) is 23.7 Å². The lowest BCUT2D eigenvalue weighted by atomic mass is 10.2. The van der Waals surface area contributed by atoms with E-state index in [1.807, 2.05) is 0 Å². The molecule has 0 spiro atoms. The van der Waals surface area contributed by atoms with Gasteiger partial charge in [0.25, 0.3) is 0 Å². The number of alkyl halides is 3. The maximum atomic E-state index is 12.7. The smallest absolute Gasteiger partial charge is 0.491 e. The zero-order valence-electron chi connectivity index (χ0n) is 16.6. The van der Waals surface area contributed by atoms with E-state index in [9.17, 15) is 23.1 Å². The molecule has 12 heteroatoms. The van der Waals surface area contributed by atoms with Gasteiger partial charge in [-0.15, -0.1) is 0 Å². The SMILES string of the molecule is COc1ccc2nc(Nc3nc(OC(=O)C(F)(F)F)c4cccc(O)c4n3)nc(C)c2c1. The van der Waals surface area contributed by atoms with Crippen molar-refractivity contribution in [3.63, 3.8) is 0 Å². The molecule has 0 saturated heterocycles. The minimum Gasteiger partial charge on any atom is -0.506 e. The molecule has 0 aliphatic carbocycles. The number of hydrogen-bond donors (Lipinski definition) is 2. The van der Waals surface area contributed by atoms with Gasteiger partial charge in [-0.25, -0.2) is 19.7 Å². The Balaban J connectivity index is 1.78. The Kier molecular flexibility index (Phi) is 5.12. The highest BCUT2D eigenvalue weighted by atomic mass is 19.4. The maximum absolute atomic E-state index is 12.7. The molecular weight excluding hydrogens is 431 g/mol. The number of esters is 1. The number of halogens is 3. The monoisotopic (exact) mass is 445 g/mol. The number of hydrogen-bond acceptors (Lipinski definition) is 9. The molecule has 0 radical (unpaired) electrons. The molecule has 0 fully saturated rings. The zero-order chi connectivity index (χ0) is 23.0. The van der Waals surface area contributed by atoms with E-state index in [1.54, 1.807) is 25.1 Å². The topological polar surface area (TPSA) is 119 Å². The standard InChI is InChI=1S/C20H14F3N5O4/c1-9-12-8-10(31-2)6-7-13(12)25-18(24-9)28-19-26-15-11(4-3-5-14(15)29)16(27-19)32-17(30)20(21,22)23/h3-8,29H,1-2H3,(H,24,25,26,27,28). The first-order valence-corrected chi connectivity index (χ1v) is 9.04. The number of ether oxygens (including phenoxy) is 2. The first-order valence-electron chi connectivity index (χ1n) is 9.04. The summed E-state index contributed by atoms with van der Waals surface area (Å²) < 4.78 is 47.7. The van der Waals surface area contributed by atoms with E-state index in [0.717, 1.165) is 5.39 Å². The summed E-state index contributed by atoms with van der Waals surface area (Å²) in [6.07, 6.45) is -5.23. The second-order valence-corrected chi connectivity index (χ2v) is 6.55. The van der Waals surface area contributed by atoms with E-state index < -0.39 is 18.0 Å². The molecule has 0 amide bonds. The van der Waals surface area contributed by atoms with Crippen LogP contribution in [0.25, 0.3) is 21.8 Å². The molecule has 0 bridgehead atoms. The second-order valence-electron chi connectivity index (χ2n) is 6.55. The molecular formula is C20H14F3N5O4. The van der Waals surface area contributed by atoms with Crippen LogP contribution in [0.2, 0.25) is 0 Å². The number of carbonyl (C=O) groups excluding carboxylic acids is 1. The predicted molar refractivity (Wildman–Crippen MR) is 107 cm³/mol. The van der Waals surface area contributed by atoms with Crippen LogP contribution in [0.3, 0.4) is 0 Å². The van der Waals surface area contributed by atoms with Crippen molar-refractivity contribution < 1.29 is 32.5 Å². The largest absolute Gasteiger partial charge is 0.506 e. The Morgan fingerprint density at radius 1 is 1.03 bits per heavy atom. The first kappa shape index (κ1) is 21.0. The van der Waals surface area contributed by atoms with Gasteiger partial charge in [-0.1, -0.05) is 6.07 Å². The van der Waals surface area contributed by atoms with Gasteiger partial charge >= 0.3 is 12.1 Å². The maximum Gasteiger partial charge on any atom is 0.491 e. The van der Waals surface area contributed by atoms with Gasteiger partial charge in [-0.3, -0.25) is 5.32 Å². The van der Waals surface area contributed by atoms with Gasteiger partial charge in [0.2, 0.25) is 17.8 Å². The molecule has 2 aromatic carbocycles. The third-order valence-corrected chi connectivity index (χ3v) is 4.41. The number of carbonyl (C=O) groups is 1. The fourth-order valence-electron chi connectivity index (χ4n) is 2.93. The lowest BCUT2D eigenvalue weighted by molar-refractivity contribution is -0.189. The molecule has 32 heavy (non-hydrogen) atoms. The summed E-state index contributed by atoms with van der Waals surface area (Å²) in [7, 11) is 1.53. The number of fused-ring (bicyclic) bond motifs is 2. The molecule has 9 nitrogen and oxygen atoms in total. The molecule has 0 saturated carbocycles. The van der Waals surface area contributed by atoms with E-state index in [1.165, 1.54) is 25.3 Å².